The van der Waals surface area contributed by atoms with E-state index in [1.165, 1.54) is 18.2 Å². The first-order valence-corrected chi connectivity index (χ1v) is 9.44. The van der Waals surface area contributed by atoms with Crippen molar-refractivity contribution in [2.75, 3.05) is 18.1 Å². The number of ether oxygens (including phenoxy) is 1. The number of fused-ring (bicyclic) bond motifs is 1. The Morgan fingerprint density at radius 3 is 2.18 bits per heavy atom. The predicted octanol–water partition coefficient (Wildman–Crippen LogP) is 4.76. The quantitative estimate of drug-likeness (QED) is 0.447. The second-order valence-electron chi connectivity index (χ2n) is 6.89. The molecule has 0 saturated carbocycles. The van der Waals surface area contributed by atoms with Gasteiger partial charge >= 0.3 is 18.3 Å². The molecule has 0 radical (unpaired) electrons. The Morgan fingerprint density at radius 1 is 1.06 bits per heavy atom. The Bertz CT molecular complexity index is 1180. The van der Waals surface area contributed by atoms with Crippen molar-refractivity contribution in [1.29, 1.82) is 0 Å². The topological polar surface area (TPSA) is 123 Å². The van der Waals surface area contributed by atoms with Gasteiger partial charge in [-0.15, -0.1) is 0 Å². The molecular weight excluding hydrogens is 472 g/mol. The highest BCUT2D eigenvalue weighted by Gasteiger charge is 2.38. The third kappa shape index (κ3) is 6.36. The number of carboxylic acid groups (broad SMARTS) is 1. The fraction of sp³-hybridized carbons (Fsp3) is 0.300. The van der Waals surface area contributed by atoms with Crippen molar-refractivity contribution in [3.05, 3.63) is 35.9 Å². The second-order valence-corrected chi connectivity index (χ2v) is 6.89. The Hall–Kier alpha value is -3.84. The SMILES string of the molecule is CNc1nc(N)nc2nc(-c3c(OC(C)C)cccc3C(F)(F)F)ccc12.O=C(O)C(F)(F)F. The van der Waals surface area contributed by atoms with Gasteiger partial charge in [-0.3, -0.25) is 0 Å². The molecule has 34 heavy (non-hydrogen) atoms. The molecule has 0 fully saturated rings. The number of rotatable bonds is 4. The first-order chi connectivity index (χ1) is 15.6. The molecule has 0 aliphatic carbocycles. The van der Waals surface area contributed by atoms with E-state index in [-0.39, 0.29) is 34.7 Å². The number of pyridine rings is 1. The Morgan fingerprint density at radius 2 is 1.68 bits per heavy atom. The van der Waals surface area contributed by atoms with E-state index in [1.807, 2.05) is 0 Å². The lowest BCUT2D eigenvalue weighted by atomic mass is 10.0. The van der Waals surface area contributed by atoms with Gasteiger partial charge in [-0.05, 0) is 38.1 Å². The number of halogens is 6. The van der Waals surface area contributed by atoms with Crippen molar-refractivity contribution in [3.8, 4) is 17.0 Å². The number of nitrogens with zero attached hydrogens (tertiary/aromatic N) is 3. The number of alkyl halides is 6. The highest BCUT2D eigenvalue weighted by atomic mass is 19.4. The van der Waals surface area contributed by atoms with Crippen LogP contribution in [0.1, 0.15) is 19.4 Å². The fourth-order valence-corrected chi connectivity index (χ4v) is 2.74. The largest absolute Gasteiger partial charge is 0.490 e. The van der Waals surface area contributed by atoms with Gasteiger partial charge in [-0.25, -0.2) is 9.78 Å². The molecule has 0 atom stereocenters. The van der Waals surface area contributed by atoms with Crippen LogP contribution in [0.25, 0.3) is 22.3 Å². The van der Waals surface area contributed by atoms with E-state index >= 15 is 0 Å². The standard InChI is InChI=1S/C18H18F3N5O.C2HF3O2/c1-9(2)27-13-6-4-5-11(18(19,20)21)14(13)12-8-7-10-15(23-3)25-17(22)26-16(10)24-12;3-2(4,5)1(6)7/h4-9H,1-3H3,(H3,22,23,24,25,26);(H,6,7). The molecule has 2 heterocycles. The molecule has 3 rings (SSSR count). The molecule has 0 amide bonds. The van der Waals surface area contributed by atoms with Gasteiger partial charge in [-0.1, -0.05) is 6.07 Å². The van der Waals surface area contributed by atoms with Crippen molar-refractivity contribution in [1.82, 2.24) is 15.0 Å². The zero-order valence-electron chi connectivity index (χ0n) is 17.9. The molecule has 0 spiro atoms. The number of hydrogen-bond donors (Lipinski definition) is 3. The maximum absolute atomic E-state index is 13.6. The van der Waals surface area contributed by atoms with Gasteiger partial charge in [-0.2, -0.15) is 36.3 Å². The number of carboxylic acids is 1. The highest BCUT2D eigenvalue weighted by molar-refractivity contribution is 5.89. The van der Waals surface area contributed by atoms with E-state index < -0.39 is 23.9 Å². The molecule has 0 aliphatic rings. The monoisotopic (exact) mass is 491 g/mol. The van der Waals surface area contributed by atoms with Crippen LogP contribution >= 0.6 is 0 Å². The Labute approximate surface area is 188 Å². The summed E-state index contributed by atoms with van der Waals surface area (Å²) in [6.07, 6.45) is -9.95. The molecule has 14 heteroatoms. The van der Waals surface area contributed by atoms with Crippen LogP contribution in [-0.2, 0) is 11.0 Å². The van der Waals surface area contributed by atoms with Crippen LogP contribution in [0.5, 0.6) is 5.75 Å². The lowest BCUT2D eigenvalue weighted by molar-refractivity contribution is -0.192. The maximum atomic E-state index is 13.6. The summed E-state index contributed by atoms with van der Waals surface area (Å²) in [7, 11) is 1.66. The summed E-state index contributed by atoms with van der Waals surface area (Å²) in [6, 6.07) is 6.89. The third-order valence-corrected chi connectivity index (χ3v) is 4.01. The van der Waals surface area contributed by atoms with E-state index in [2.05, 4.69) is 20.3 Å². The summed E-state index contributed by atoms with van der Waals surface area (Å²) >= 11 is 0. The Balaban J connectivity index is 0.000000509. The zero-order chi connectivity index (χ0) is 25.8. The van der Waals surface area contributed by atoms with Crippen molar-refractivity contribution < 1.29 is 41.0 Å². The number of aliphatic carboxylic acids is 1. The van der Waals surface area contributed by atoms with Crippen LogP contribution in [-0.4, -0.2) is 45.4 Å². The van der Waals surface area contributed by atoms with Crippen molar-refractivity contribution >= 4 is 28.8 Å². The van der Waals surface area contributed by atoms with Crippen LogP contribution in [0.3, 0.4) is 0 Å². The molecule has 0 saturated heterocycles. The maximum Gasteiger partial charge on any atom is 0.490 e. The van der Waals surface area contributed by atoms with E-state index in [1.54, 1.807) is 27.0 Å². The van der Waals surface area contributed by atoms with E-state index in [9.17, 15) is 26.3 Å². The van der Waals surface area contributed by atoms with E-state index in [0.29, 0.717) is 11.2 Å². The molecule has 0 aliphatic heterocycles. The zero-order valence-corrected chi connectivity index (χ0v) is 17.9. The van der Waals surface area contributed by atoms with Gasteiger partial charge in [0, 0.05) is 7.05 Å². The predicted molar refractivity (Wildman–Crippen MR) is 111 cm³/mol. The van der Waals surface area contributed by atoms with Crippen LogP contribution in [0.2, 0.25) is 0 Å². The van der Waals surface area contributed by atoms with Crippen molar-refractivity contribution in [2.45, 2.75) is 32.3 Å². The third-order valence-electron chi connectivity index (χ3n) is 4.01. The molecular formula is C20H19F6N5O3. The van der Waals surface area contributed by atoms with Crippen molar-refractivity contribution in [3.63, 3.8) is 0 Å². The summed E-state index contributed by atoms with van der Waals surface area (Å²) in [6.45, 7) is 3.48. The Kier molecular flexibility index (Phi) is 7.74. The van der Waals surface area contributed by atoms with Gasteiger partial charge in [0.2, 0.25) is 5.95 Å². The average Bonchev–Trinajstić information content (AvgIpc) is 2.71. The number of hydrogen-bond acceptors (Lipinski definition) is 7. The highest BCUT2D eigenvalue weighted by Crippen LogP contribution is 2.42. The van der Waals surface area contributed by atoms with Gasteiger partial charge in [0.1, 0.15) is 11.6 Å². The number of carbonyl (C=O) groups is 1. The summed E-state index contributed by atoms with van der Waals surface area (Å²) < 4.78 is 78.2. The average molecular weight is 491 g/mol. The number of benzene rings is 1. The minimum Gasteiger partial charge on any atom is -0.490 e. The van der Waals surface area contributed by atoms with Crippen LogP contribution in [0.15, 0.2) is 30.3 Å². The molecule has 4 N–H and O–H groups in total. The molecule has 0 bridgehead atoms. The number of nitrogens with one attached hydrogen (secondary N) is 1. The molecule has 0 unspecified atom stereocenters. The molecule has 2 aromatic heterocycles. The minimum absolute atomic E-state index is 0.0285. The molecule has 1 aromatic carbocycles. The lowest BCUT2D eigenvalue weighted by Gasteiger charge is -2.19. The van der Waals surface area contributed by atoms with Gasteiger partial charge in [0.25, 0.3) is 0 Å². The minimum atomic E-state index is -5.08. The summed E-state index contributed by atoms with van der Waals surface area (Å²) in [4.78, 5) is 21.3. The van der Waals surface area contributed by atoms with Crippen LogP contribution < -0.4 is 15.8 Å². The van der Waals surface area contributed by atoms with Crippen LogP contribution in [0, 0.1) is 0 Å². The first-order valence-electron chi connectivity index (χ1n) is 9.44. The molecule has 8 nitrogen and oxygen atoms in total. The smallest absolute Gasteiger partial charge is 0.490 e. The van der Waals surface area contributed by atoms with E-state index in [4.69, 9.17) is 20.4 Å². The number of nitrogen functional groups attached to an aromatic ring is 1. The van der Waals surface area contributed by atoms with Crippen LogP contribution in [0.4, 0.5) is 38.1 Å². The number of nitrogens with two attached hydrogens (primary N) is 1. The van der Waals surface area contributed by atoms with E-state index in [0.717, 1.165) is 6.07 Å². The molecule has 3 aromatic rings. The number of aromatic nitrogens is 3. The summed E-state index contributed by atoms with van der Waals surface area (Å²) in [5, 5.41) is 10.5. The van der Waals surface area contributed by atoms with Gasteiger partial charge in [0.05, 0.1) is 28.3 Å². The lowest BCUT2D eigenvalue weighted by Crippen LogP contribution is -2.21. The van der Waals surface area contributed by atoms with Gasteiger partial charge < -0.3 is 20.9 Å². The van der Waals surface area contributed by atoms with Gasteiger partial charge in [0.15, 0.2) is 5.65 Å². The fourth-order valence-electron chi connectivity index (χ4n) is 2.74. The first kappa shape index (κ1) is 26.4. The normalized spacial score (nSPS) is 11.7. The second kappa shape index (κ2) is 9.97. The van der Waals surface area contributed by atoms with Crippen molar-refractivity contribution in [2.24, 2.45) is 0 Å². The number of anilines is 2. The molecule has 184 valence electrons. The summed E-state index contributed by atoms with van der Waals surface area (Å²) in [5.74, 6) is -2.24. The summed E-state index contributed by atoms with van der Waals surface area (Å²) in [5.41, 5.74) is 4.99.